The number of thiophene rings is 1. The van der Waals surface area contributed by atoms with Gasteiger partial charge < -0.3 is 14.2 Å². The first-order valence-corrected chi connectivity index (χ1v) is 8.92. The molecule has 0 radical (unpaired) electrons. The summed E-state index contributed by atoms with van der Waals surface area (Å²) < 4.78 is 10.6. The standard InChI is InChI=1S/C17H14ClN3O3S/c1-23-13-5-4-11(18)7-12(13)17(22)21-8-10(9-21)16-19-15(20-24-16)14-3-2-6-25-14/h2-7,10H,8-9H2,1H3. The van der Waals surface area contributed by atoms with E-state index in [-0.39, 0.29) is 11.8 Å². The highest BCUT2D eigenvalue weighted by molar-refractivity contribution is 7.13. The molecule has 3 aromatic rings. The molecule has 0 N–H and O–H groups in total. The van der Waals surface area contributed by atoms with Crippen LogP contribution in [0.5, 0.6) is 5.75 Å². The highest BCUT2D eigenvalue weighted by atomic mass is 35.5. The zero-order chi connectivity index (χ0) is 17.4. The molecular weight excluding hydrogens is 362 g/mol. The summed E-state index contributed by atoms with van der Waals surface area (Å²) in [6, 6.07) is 8.90. The maximum absolute atomic E-state index is 12.7. The lowest BCUT2D eigenvalue weighted by Gasteiger charge is -2.37. The lowest BCUT2D eigenvalue weighted by Crippen LogP contribution is -2.48. The topological polar surface area (TPSA) is 68.5 Å². The SMILES string of the molecule is COc1ccc(Cl)cc1C(=O)N1CC(c2nc(-c3cccs3)no2)C1. The van der Waals surface area contributed by atoms with E-state index in [0.717, 1.165) is 4.88 Å². The van der Waals surface area contributed by atoms with Crippen LogP contribution >= 0.6 is 22.9 Å². The van der Waals surface area contributed by atoms with Gasteiger partial charge in [0, 0.05) is 18.1 Å². The molecule has 1 aliphatic rings. The third-order valence-electron chi connectivity index (χ3n) is 4.09. The van der Waals surface area contributed by atoms with Gasteiger partial charge in [0.05, 0.1) is 23.5 Å². The fourth-order valence-electron chi connectivity index (χ4n) is 2.73. The second-order valence-electron chi connectivity index (χ2n) is 5.69. The molecule has 1 aromatic carbocycles. The molecule has 0 atom stereocenters. The summed E-state index contributed by atoms with van der Waals surface area (Å²) in [6.45, 7) is 1.06. The molecule has 0 saturated carbocycles. The van der Waals surface area contributed by atoms with Crippen LogP contribution in [0.15, 0.2) is 40.2 Å². The van der Waals surface area contributed by atoms with Gasteiger partial charge >= 0.3 is 0 Å². The molecular formula is C17H14ClN3O3S. The first-order valence-electron chi connectivity index (χ1n) is 7.66. The Bertz CT molecular complexity index is 904. The third kappa shape index (κ3) is 3.01. The first-order chi connectivity index (χ1) is 12.2. The molecule has 4 rings (SSSR count). The molecule has 0 aliphatic carbocycles. The lowest BCUT2D eigenvalue weighted by atomic mass is 9.98. The van der Waals surface area contributed by atoms with Crippen molar-refractivity contribution in [3.8, 4) is 16.5 Å². The van der Waals surface area contributed by atoms with Gasteiger partial charge in [-0.2, -0.15) is 4.98 Å². The van der Waals surface area contributed by atoms with Crippen molar-refractivity contribution in [1.82, 2.24) is 15.0 Å². The van der Waals surface area contributed by atoms with E-state index in [4.69, 9.17) is 20.9 Å². The van der Waals surface area contributed by atoms with E-state index in [9.17, 15) is 4.79 Å². The number of hydrogen-bond acceptors (Lipinski definition) is 6. The van der Waals surface area contributed by atoms with Gasteiger partial charge in [0.15, 0.2) is 0 Å². The fraction of sp³-hybridized carbons (Fsp3) is 0.235. The van der Waals surface area contributed by atoms with Crippen LogP contribution in [0.4, 0.5) is 0 Å². The van der Waals surface area contributed by atoms with Gasteiger partial charge in [-0.05, 0) is 29.6 Å². The fourth-order valence-corrected chi connectivity index (χ4v) is 3.55. The number of likely N-dealkylation sites (tertiary alicyclic amines) is 1. The molecule has 2 aromatic heterocycles. The minimum absolute atomic E-state index is 0.0512. The van der Waals surface area contributed by atoms with Crippen molar-refractivity contribution in [3.63, 3.8) is 0 Å². The summed E-state index contributed by atoms with van der Waals surface area (Å²) in [7, 11) is 1.53. The van der Waals surface area contributed by atoms with E-state index in [2.05, 4.69) is 10.1 Å². The molecule has 8 heteroatoms. The number of nitrogens with zero attached hydrogens (tertiary/aromatic N) is 3. The van der Waals surface area contributed by atoms with Crippen molar-refractivity contribution in [1.29, 1.82) is 0 Å². The van der Waals surface area contributed by atoms with Crippen molar-refractivity contribution >= 4 is 28.8 Å². The van der Waals surface area contributed by atoms with Gasteiger partial charge in [-0.15, -0.1) is 11.3 Å². The van der Waals surface area contributed by atoms with Gasteiger partial charge in [0.1, 0.15) is 5.75 Å². The molecule has 3 heterocycles. The Balaban J connectivity index is 1.45. The van der Waals surface area contributed by atoms with Crippen LogP contribution in [0, 0.1) is 0 Å². The largest absolute Gasteiger partial charge is 0.496 e. The number of carbonyl (C=O) groups is 1. The number of hydrogen-bond donors (Lipinski definition) is 0. The minimum Gasteiger partial charge on any atom is -0.496 e. The summed E-state index contributed by atoms with van der Waals surface area (Å²) in [4.78, 5) is 19.8. The number of benzene rings is 1. The maximum Gasteiger partial charge on any atom is 0.257 e. The van der Waals surface area contributed by atoms with Gasteiger partial charge in [-0.3, -0.25) is 4.79 Å². The Labute approximate surface area is 153 Å². The van der Waals surface area contributed by atoms with Crippen molar-refractivity contribution < 1.29 is 14.1 Å². The Morgan fingerprint density at radius 2 is 2.24 bits per heavy atom. The van der Waals surface area contributed by atoms with Crippen LogP contribution in [0.3, 0.4) is 0 Å². The predicted octanol–water partition coefficient (Wildman–Crippen LogP) is 3.70. The molecule has 25 heavy (non-hydrogen) atoms. The predicted molar refractivity (Wildman–Crippen MR) is 94.3 cm³/mol. The highest BCUT2D eigenvalue weighted by Crippen LogP contribution is 2.32. The van der Waals surface area contributed by atoms with Crippen LogP contribution in [0.25, 0.3) is 10.7 Å². The lowest BCUT2D eigenvalue weighted by molar-refractivity contribution is 0.0566. The van der Waals surface area contributed by atoms with E-state index < -0.39 is 0 Å². The van der Waals surface area contributed by atoms with E-state index >= 15 is 0 Å². The Morgan fingerprint density at radius 3 is 2.96 bits per heavy atom. The van der Waals surface area contributed by atoms with Gasteiger partial charge in [-0.1, -0.05) is 22.8 Å². The molecule has 0 unspecified atom stereocenters. The monoisotopic (exact) mass is 375 g/mol. The number of methoxy groups -OCH3 is 1. The summed E-state index contributed by atoms with van der Waals surface area (Å²) in [5.41, 5.74) is 0.457. The first kappa shape index (κ1) is 16.1. The molecule has 1 amide bonds. The average Bonchev–Trinajstić information content (AvgIpc) is 3.24. The molecule has 1 aliphatic heterocycles. The van der Waals surface area contributed by atoms with E-state index in [0.29, 0.717) is 41.1 Å². The second-order valence-corrected chi connectivity index (χ2v) is 7.07. The Kier molecular flexibility index (Phi) is 4.19. The van der Waals surface area contributed by atoms with Gasteiger partial charge in [0.25, 0.3) is 5.91 Å². The molecule has 6 nitrogen and oxygen atoms in total. The van der Waals surface area contributed by atoms with Crippen molar-refractivity contribution in [2.45, 2.75) is 5.92 Å². The van der Waals surface area contributed by atoms with E-state index in [1.807, 2.05) is 17.5 Å². The summed E-state index contributed by atoms with van der Waals surface area (Å²) >= 11 is 7.56. The maximum atomic E-state index is 12.7. The number of amides is 1. The van der Waals surface area contributed by atoms with Gasteiger partial charge in [-0.25, -0.2) is 0 Å². The summed E-state index contributed by atoms with van der Waals surface area (Å²) in [5.74, 6) is 1.59. The minimum atomic E-state index is -0.117. The van der Waals surface area contributed by atoms with Crippen LogP contribution in [-0.2, 0) is 0 Å². The van der Waals surface area contributed by atoms with Crippen molar-refractivity contribution in [2.24, 2.45) is 0 Å². The van der Waals surface area contributed by atoms with Gasteiger partial charge in [0.2, 0.25) is 11.7 Å². The number of carbonyl (C=O) groups excluding carboxylic acids is 1. The van der Waals surface area contributed by atoms with E-state index in [1.165, 1.54) is 7.11 Å². The van der Waals surface area contributed by atoms with Crippen molar-refractivity contribution in [3.05, 3.63) is 52.2 Å². The van der Waals surface area contributed by atoms with Crippen LogP contribution < -0.4 is 4.74 Å². The summed E-state index contributed by atoms with van der Waals surface area (Å²) in [5, 5.41) is 6.48. The smallest absolute Gasteiger partial charge is 0.257 e. The van der Waals surface area contributed by atoms with E-state index in [1.54, 1.807) is 34.4 Å². The number of ether oxygens (including phenoxy) is 1. The highest BCUT2D eigenvalue weighted by Gasteiger charge is 2.37. The van der Waals surface area contributed by atoms with Crippen LogP contribution in [0.1, 0.15) is 22.2 Å². The quantitative estimate of drug-likeness (QED) is 0.695. The zero-order valence-electron chi connectivity index (χ0n) is 13.3. The third-order valence-corrected chi connectivity index (χ3v) is 5.19. The van der Waals surface area contributed by atoms with Crippen LogP contribution in [0.2, 0.25) is 5.02 Å². The van der Waals surface area contributed by atoms with Crippen LogP contribution in [-0.4, -0.2) is 41.1 Å². The molecule has 1 fully saturated rings. The number of rotatable bonds is 4. The normalized spacial score (nSPS) is 14.4. The Hall–Kier alpha value is -2.38. The second kappa shape index (κ2) is 6.50. The van der Waals surface area contributed by atoms with Crippen molar-refractivity contribution in [2.75, 3.05) is 20.2 Å². The number of halogens is 1. The summed E-state index contributed by atoms with van der Waals surface area (Å²) in [6.07, 6.45) is 0. The zero-order valence-corrected chi connectivity index (χ0v) is 14.9. The molecule has 0 bridgehead atoms. The molecule has 128 valence electrons. The average molecular weight is 376 g/mol. The number of aromatic nitrogens is 2. The Morgan fingerprint density at radius 1 is 1.40 bits per heavy atom. The molecule has 1 saturated heterocycles. The molecule has 0 spiro atoms.